The lowest BCUT2D eigenvalue weighted by atomic mass is 10.2. The second-order valence-electron chi connectivity index (χ2n) is 3.99. The molecule has 1 atom stereocenters. The Labute approximate surface area is 106 Å². The van der Waals surface area contributed by atoms with E-state index in [-0.39, 0.29) is 13.2 Å². The zero-order chi connectivity index (χ0) is 13.5. The summed E-state index contributed by atoms with van der Waals surface area (Å²) in [5.41, 5.74) is 8.85. The number of rotatable bonds is 6. The minimum atomic E-state index is -0.788. The van der Waals surface area contributed by atoms with Gasteiger partial charge in [-0.3, -0.25) is 0 Å². The Kier molecular flexibility index (Phi) is 5.20. The molecule has 1 unspecified atom stereocenters. The van der Waals surface area contributed by atoms with E-state index in [1.807, 2.05) is 0 Å². The molecule has 1 aromatic rings. The maximum Gasteiger partial charge on any atom is 0.333 e. The molecule has 5 nitrogen and oxygen atoms in total. The number of anilines is 1. The molecule has 0 heterocycles. The fourth-order valence-electron chi connectivity index (χ4n) is 1.18. The molecule has 5 heteroatoms. The van der Waals surface area contributed by atoms with Crippen molar-refractivity contribution >= 4 is 17.3 Å². The highest BCUT2D eigenvalue weighted by Gasteiger charge is 2.09. The monoisotopic (exact) mass is 249 g/mol. The van der Waals surface area contributed by atoms with Crippen molar-refractivity contribution in [3.63, 3.8) is 0 Å². The molecule has 18 heavy (non-hydrogen) atoms. The van der Waals surface area contributed by atoms with Gasteiger partial charge in [-0.2, -0.15) is 0 Å². The second kappa shape index (κ2) is 6.66. The van der Waals surface area contributed by atoms with Crippen LogP contribution in [0.4, 0.5) is 11.4 Å². The van der Waals surface area contributed by atoms with E-state index in [2.05, 4.69) is 11.9 Å². The average Bonchev–Trinajstić information content (AvgIpc) is 2.35. The molecule has 0 aliphatic rings. The Morgan fingerprint density at radius 2 is 2.11 bits per heavy atom. The van der Waals surface area contributed by atoms with Crippen LogP contribution in [0.2, 0.25) is 0 Å². The minimum absolute atomic E-state index is 0.0742. The number of carbonyl (C=O) groups is 1. The lowest BCUT2D eigenvalue weighted by Gasteiger charge is -2.13. The number of hydrogen-bond acceptors (Lipinski definition) is 4. The topological polar surface area (TPSA) is 82.4 Å². The predicted octanol–water partition coefficient (Wildman–Crippen LogP) is 1.49. The van der Waals surface area contributed by atoms with Crippen LogP contribution < -0.4 is 11.1 Å². The molecule has 0 bridgehead atoms. The van der Waals surface area contributed by atoms with Crippen LogP contribution in [-0.4, -0.2) is 30.3 Å². The number of aliphatic hydroxyl groups is 1. The van der Waals surface area contributed by atoms with Crippen LogP contribution in [-0.2, 0) is 9.53 Å². The molecule has 0 amide bonds. The number of benzene rings is 1. The molecule has 0 saturated heterocycles. The highest BCUT2D eigenvalue weighted by molar-refractivity contribution is 5.86. The van der Waals surface area contributed by atoms with Gasteiger partial charge < -0.3 is 20.9 Å². The molecule has 0 aliphatic carbocycles. The quantitative estimate of drug-likeness (QED) is 0.591. The average molecular weight is 249 g/mol. The summed E-state index contributed by atoms with van der Waals surface area (Å²) in [5.74, 6) is -0.507. The summed E-state index contributed by atoms with van der Waals surface area (Å²) in [6.07, 6.45) is -0.788. The van der Waals surface area contributed by atoms with E-state index >= 15 is 0 Å². The van der Waals surface area contributed by atoms with E-state index < -0.39 is 12.1 Å². The van der Waals surface area contributed by atoms with Gasteiger partial charge in [0.15, 0.2) is 0 Å². The fourth-order valence-corrected chi connectivity index (χ4v) is 1.18. The lowest BCUT2D eigenvalue weighted by Crippen LogP contribution is -2.26. The van der Waals surface area contributed by atoms with E-state index in [1.54, 1.807) is 31.2 Å². The van der Waals surface area contributed by atoms with Crippen molar-refractivity contribution in [3.05, 3.63) is 36.4 Å². The zero-order valence-corrected chi connectivity index (χ0v) is 10.3. The van der Waals surface area contributed by atoms with E-state index in [4.69, 9.17) is 10.5 Å². The number of esters is 1. The first-order valence-corrected chi connectivity index (χ1v) is 5.55. The maximum absolute atomic E-state index is 11.1. The third-order valence-electron chi connectivity index (χ3n) is 2.18. The minimum Gasteiger partial charge on any atom is -0.460 e. The summed E-state index contributed by atoms with van der Waals surface area (Å²) >= 11 is 0. The summed E-state index contributed by atoms with van der Waals surface area (Å²) in [4.78, 5) is 11.1. The summed E-state index contributed by atoms with van der Waals surface area (Å²) in [7, 11) is 0. The fraction of sp³-hybridized carbons (Fsp3) is 0.308. The van der Waals surface area contributed by atoms with E-state index in [9.17, 15) is 9.90 Å². The Balaban J connectivity index is 2.28. The van der Waals surface area contributed by atoms with Crippen LogP contribution in [0.5, 0.6) is 0 Å². The Hall–Kier alpha value is -2.01. The van der Waals surface area contributed by atoms with Crippen LogP contribution in [0, 0.1) is 0 Å². The predicted molar refractivity (Wildman–Crippen MR) is 69.5 cm³/mol. The summed E-state index contributed by atoms with van der Waals surface area (Å²) in [6, 6.07) is 6.79. The summed E-state index contributed by atoms with van der Waals surface area (Å²) in [6.45, 7) is 5.19. The third-order valence-corrected chi connectivity index (χ3v) is 2.18. The van der Waals surface area contributed by atoms with Gasteiger partial charge in [-0.1, -0.05) is 6.58 Å². The molecule has 3 N–H and O–H groups in total. The van der Waals surface area contributed by atoms with Gasteiger partial charge in [-0.25, -0.2) is 4.79 Å². The molecular formula is C13H17N2O3. The van der Waals surface area contributed by atoms with Crippen molar-refractivity contribution in [3.8, 4) is 0 Å². The van der Waals surface area contributed by atoms with Gasteiger partial charge in [0.1, 0.15) is 12.7 Å². The van der Waals surface area contributed by atoms with Crippen LogP contribution in [0.25, 0.3) is 0 Å². The zero-order valence-electron chi connectivity index (χ0n) is 10.3. The number of hydrogen-bond donors (Lipinski definition) is 2. The molecule has 0 fully saturated rings. The van der Waals surface area contributed by atoms with Gasteiger partial charge in [0, 0.05) is 17.8 Å². The largest absolute Gasteiger partial charge is 0.460 e. The first-order chi connectivity index (χ1) is 8.49. The van der Waals surface area contributed by atoms with E-state index in [0.29, 0.717) is 11.3 Å². The van der Waals surface area contributed by atoms with Crippen LogP contribution in [0.1, 0.15) is 6.92 Å². The first-order valence-electron chi connectivity index (χ1n) is 5.55. The van der Waals surface area contributed by atoms with Crippen molar-refractivity contribution < 1.29 is 14.6 Å². The van der Waals surface area contributed by atoms with Crippen molar-refractivity contribution in [1.82, 2.24) is 5.73 Å². The standard InChI is InChI=1S/C13H17N2O3/c1-9(2)13(17)18-8-12(16)7-15-11-5-3-10(14)4-6-11/h3-6,12,14-16H,1,7-8H2,2H3. The van der Waals surface area contributed by atoms with Gasteiger partial charge >= 0.3 is 5.97 Å². The van der Waals surface area contributed by atoms with Gasteiger partial charge in [-0.05, 0) is 31.2 Å². The number of nitrogens with one attached hydrogen (secondary N) is 2. The third kappa shape index (κ3) is 4.88. The van der Waals surface area contributed by atoms with Gasteiger partial charge in [-0.15, -0.1) is 0 Å². The molecular weight excluding hydrogens is 232 g/mol. The van der Waals surface area contributed by atoms with Crippen LogP contribution in [0.3, 0.4) is 0 Å². The number of ether oxygens (including phenoxy) is 1. The molecule has 0 aromatic heterocycles. The number of carbonyl (C=O) groups excluding carboxylic acids is 1. The summed E-state index contributed by atoms with van der Waals surface area (Å²) in [5, 5.41) is 12.6. The Morgan fingerprint density at radius 3 is 2.67 bits per heavy atom. The second-order valence-corrected chi connectivity index (χ2v) is 3.99. The SMILES string of the molecule is C=C(C)C(=O)OCC(O)CNc1ccc([NH])cc1. The van der Waals surface area contributed by atoms with Crippen molar-refractivity contribution in [2.45, 2.75) is 13.0 Å². The number of aliphatic hydroxyl groups excluding tert-OH is 1. The highest BCUT2D eigenvalue weighted by Crippen LogP contribution is 2.11. The van der Waals surface area contributed by atoms with Crippen LogP contribution in [0.15, 0.2) is 36.4 Å². The molecule has 1 aromatic carbocycles. The normalized spacial score (nSPS) is 11.7. The molecule has 0 aliphatic heterocycles. The van der Waals surface area contributed by atoms with Gasteiger partial charge in [0.25, 0.3) is 0 Å². The van der Waals surface area contributed by atoms with Gasteiger partial charge in [0.05, 0.1) is 5.69 Å². The Bertz CT molecular complexity index is 415. The smallest absolute Gasteiger partial charge is 0.333 e. The van der Waals surface area contributed by atoms with Crippen LogP contribution >= 0.6 is 0 Å². The van der Waals surface area contributed by atoms with E-state index in [0.717, 1.165) is 5.69 Å². The molecule has 1 radical (unpaired) electrons. The summed E-state index contributed by atoms with van der Waals surface area (Å²) < 4.78 is 4.81. The van der Waals surface area contributed by atoms with Crippen molar-refractivity contribution in [2.24, 2.45) is 0 Å². The maximum atomic E-state index is 11.1. The lowest BCUT2D eigenvalue weighted by molar-refractivity contribution is -0.141. The molecule has 0 saturated carbocycles. The van der Waals surface area contributed by atoms with Gasteiger partial charge in [0.2, 0.25) is 0 Å². The first kappa shape index (κ1) is 14.1. The van der Waals surface area contributed by atoms with Crippen molar-refractivity contribution in [2.75, 3.05) is 18.5 Å². The van der Waals surface area contributed by atoms with E-state index in [1.165, 1.54) is 0 Å². The van der Waals surface area contributed by atoms with Crippen molar-refractivity contribution in [1.29, 1.82) is 0 Å². The molecule has 1 rings (SSSR count). The highest BCUT2D eigenvalue weighted by atomic mass is 16.5. The molecule has 0 spiro atoms. The molecule has 97 valence electrons. The Morgan fingerprint density at radius 1 is 1.50 bits per heavy atom.